The monoisotopic (exact) mass is 384 g/mol. The molecular weight excluding hydrogens is 360 g/mol. The number of aromatic nitrogens is 1. The van der Waals surface area contributed by atoms with Gasteiger partial charge in [0.25, 0.3) is 5.91 Å². The number of carbonyl (C=O) groups excluding carboxylic acids is 1. The number of halogens is 1. The molecule has 0 fully saturated rings. The second-order valence-corrected chi connectivity index (χ2v) is 6.81. The first-order valence-corrected chi connectivity index (χ1v) is 9.71. The average Bonchev–Trinajstić information content (AvgIpc) is 2.71. The molecule has 1 aliphatic heterocycles. The van der Waals surface area contributed by atoms with Gasteiger partial charge in [0.1, 0.15) is 5.82 Å². The van der Waals surface area contributed by atoms with Gasteiger partial charge in [0.2, 0.25) is 0 Å². The molecule has 0 aliphatic carbocycles. The van der Waals surface area contributed by atoms with Crippen LogP contribution in [0, 0.1) is 0 Å². The zero-order valence-electron chi connectivity index (χ0n) is 15.8. The lowest BCUT2D eigenvalue weighted by molar-refractivity contribution is -0.113. The van der Waals surface area contributed by atoms with Crippen LogP contribution < -0.4 is 15.1 Å². The lowest BCUT2D eigenvalue weighted by atomic mass is 10.1. The Hall–Kier alpha value is -2.53. The number of nitrogens with one attached hydrogen (secondary N) is 1. The Morgan fingerprint density at radius 3 is 2.56 bits per heavy atom. The van der Waals surface area contributed by atoms with Gasteiger partial charge in [-0.3, -0.25) is 4.79 Å². The first kappa shape index (κ1) is 19.2. The molecule has 0 saturated heterocycles. The first-order valence-electron chi connectivity index (χ1n) is 9.33. The summed E-state index contributed by atoms with van der Waals surface area (Å²) >= 11 is 6.21. The molecule has 0 saturated carbocycles. The van der Waals surface area contributed by atoms with E-state index in [9.17, 15) is 4.79 Å². The average molecular weight is 385 g/mol. The van der Waals surface area contributed by atoms with Crippen molar-refractivity contribution in [3.63, 3.8) is 0 Å². The van der Waals surface area contributed by atoms with Crippen LogP contribution in [0.5, 0.6) is 0 Å². The zero-order chi connectivity index (χ0) is 19.2. The molecule has 1 aromatic carbocycles. The smallest absolute Gasteiger partial charge is 0.251 e. The molecule has 5 nitrogen and oxygen atoms in total. The number of rotatable bonds is 6. The summed E-state index contributed by atoms with van der Waals surface area (Å²) < 4.78 is 0. The van der Waals surface area contributed by atoms with Crippen LogP contribution in [-0.2, 0) is 4.79 Å². The van der Waals surface area contributed by atoms with Crippen molar-refractivity contribution in [1.29, 1.82) is 0 Å². The Morgan fingerprint density at radius 2 is 1.96 bits per heavy atom. The van der Waals surface area contributed by atoms with Crippen molar-refractivity contribution in [2.45, 2.75) is 20.3 Å². The van der Waals surface area contributed by atoms with E-state index < -0.39 is 0 Å². The van der Waals surface area contributed by atoms with Gasteiger partial charge in [-0.25, -0.2) is 4.98 Å². The number of carbonyl (C=O) groups is 1. The second-order valence-electron chi connectivity index (χ2n) is 6.41. The number of pyridine rings is 1. The molecule has 6 heteroatoms. The lowest BCUT2D eigenvalue weighted by Crippen LogP contribution is -2.32. The maximum atomic E-state index is 12.6. The number of nitrogens with zero attached hydrogens (tertiary/aromatic N) is 3. The van der Waals surface area contributed by atoms with E-state index in [1.165, 1.54) is 0 Å². The molecule has 2 aromatic rings. The van der Waals surface area contributed by atoms with Crippen LogP contribution in [0.25, 0.3) is 0 Å². The summed E-state index contributed by atoms with van der Waals surface area (Å²) in [4.78, 5) is 21.2. The fraction of sp³-hybridized carbons (Fsp3) is 0.333. The van der Waals surface area contributed by atoms with Crippen LogP contribution in [0.4, 0.5) is 17.2 Å². The number of amides is 1. The van der Waals surface area contributed by atoms with Gasteiger partial charge in [0, 0.05) is 49.3 Å². The van der Waals surface area contributed by atoms with Gasteiger partial charge in [-0.2, -0.15) is 0 Å². The van der Waals surface area contributed by atoms with Crippen molar-refractivity contribution in [3.05, 3.63) is 59.3 Å². The minimum absolute atomic E-state index is 0.0441. The molecule has 3 rings (SSSR count). The topological polar surface area (TPSA) is 48.5 Å². The van der Waals surface area contributed by atoms with E-state index in [0.717, 1.165) is 42.4 Å². The van der Waals surface area contributed by atoms with Crippen LogP contribution in [0.15, 0.2) is 54.2 Å². The molecule has 0 unspecified atom stereocenters. The van der Waals surface area contributed by atoms with Crippen molar-refractivity contribution in [2.75, 3.05) is 41.3 Å². The van der Waals surface area contributed by atoms with Gasteiger partial charge < -0.3 is 15.1 Å². The van der Waals surface area contributed by atoms with Gasteiger partial charge in [0.05, 0.1) is 5.02 Å². The van der Waals surface area contributed by atoms with E-state index >= 15 is 0 Å². The largest absolute Gasteiger partial charge is 0.372 e. The highest BCUT2D eigenvalue weighted by Gasteiger charge is 2.19. The molecule has 0 spiro atoms. The van der Waals surface area contributed by atoms with Crippen molar-refractivity contribution in [2.24, 2.45) is 0 Å². The fourth-order valence-corrected chi connectivity index (χ4v) is 3.47. The molecule has 1 amide bonds. The number of anilines is 3. The van der Waals surface area contributed by atoms with E-state index in [1.807, 2.05) is 42.5 Å². The minimum atomic E-state index is -0.0441. The molecule has 1 N–H and O–H groups in total. The third kappa shape index (κ3) is 4.61. The first-order chi connectivity index (χ1) is 13.1. The quantitative estimate of drug-likeness (QED) is 0.804. The van der Waals surface area contributed by atoms with Crippen molar-refractivity contribution in [1.82, 2.24) is 4.98 Å². The second kappa shape index (κ2) is 8.91. The highest BCUT2D eigenvalue weighted by molar-refractivity contribution is 6.32. The lowest BCUT2D eigenvalue weighted by Gasteiger charge is -2.27. The molecule has 1 aromatic heterocycles. The van der Waals surface area contributed by atoms with Crippen molar-refractivity contribution < 1.29 is 4.79 Å². The molecular formula is C21H25ClN4O. The molecule has 0 radical (unpaired) electrons. The van der Waals surface area contributed by atoms with E-state index in [1.54, 1.807) is 6.20 Å². The summed E-state index contributed by atoms with van der Waals surface area (Å²) in [6.45, 7) is 7.54. The van der Waals surface area contributed by atoms with Crippen LogP contribution in [0.3, 0.4) is 0 Å². The highest BCUT2D eigenvalue weighted by atomic mass is 35.5. The summed E-state index contributed by atoms with van der Waals surface area (Å²) in [5.74, 6) is 0.722. The summed E-state index contributed by atoms with van der Waals surface area (Å²) in [5.41, 5.74) is 2.77. The Labute approximate surface area is 165 Å². The van der Waals surface area contributed by atoms with E-state index in [0.29, 0.717) is 18.0 Å². The van der Waals surface area contributed by atoms with Gasteiger partial charge in [-0.05, 0) is 56.7 Å². The van der Waals surface area contributed by atoms with E-state index in [4.69, 9.17) is 11.6 Å². The predicted molar refractivity (Wildman–Crippen MR) is 113 cm³/mol. The SMILES string of the molecule is CCN(CC)c1ccc(NC(=O)C2=CCN(c3ncccc3Cl)CC2)cc1. The summed E-state index contributed by atoms with van der Waals surface area (Å²) in [7, 11) is 0. The Kier molecular flexibility index (Phi) is 6.35. The number of hydrogen-bond acceptors (Lipinski definition) is 4. The standard InChI is InChI=1S/C21H25ClN4O/c1-3-25(4-2)18-9-7-17(8-10-18)24-21(27)16-11-14-26(15-12-16)20-19(22)6-5-13-23-20/h5-11,13H,3-4,12,14-15H2,1-2H3,(H,24,27). The van der Waals surface area contributed by atoms with Crippen LogP contribution in [0.2, 0.25) is 5.02 Å². The van der Waals surface area contributed by atoms with E-state index in [2.05, 4.69) is 33.9 Å². The van der Waals surface area contributed by atoms with E-state index in [-0.39, 0.29) is 5.91 Å². The Morgan fingerprint density at radius 1 is 1.22 bits per heavy atom. The number of benzene rings is 1. The third-order valence-corrected chi connectivity index (χ3v) is 5.09. The zero-order valence-corrected chi connectivity index (χ0v) is 16.5. The maximum absolute atomic E-state index is 12.6. The molecule has 1 aliphatic rings. The van der Waals surface area contributed by atoms with Gasteiger partial charge in [-0.15, -0.1) is 0 Å². The van der Waals surface area contributed by atoms with Gasteiger partial charge in [-0.1, -0.05) is 17.7 Å². The van der Waals surface area contributed by atoms with Crippen molar-refractivity contribution >= 4 is 34.7 Å². The van der Waals surface area contributed by atoms with Gasteiger partial charge in [0.15, 0.2) is 0 Å². The minimum Gasteiger partial charge on any atom is -0.372 e. The maximum Gasteiger partial charge on any atom is 0.251 e. The van der Waals surface area contributed by atoms with Gasteiger partial charge >= 0.3 is 0 Å². The van der Waals surface area contributed by atoms with Crippen molar-refractivity contribution in [3.8, 4) is 0 Å². The molecule has 2 heterocycles. The molecule has 0 bridgehead atoms. The Balaban J connectivity index is 1.61. The summed E-state index contributed by atoms with van der Waals surface area (Å²) in [5, 5.41) is 3.63. The predicted octanol–water partition coefficient (Wildman–Crippen LogP) is 4.36. The van der Waals surface area contributed by atoms with Crippen LogP contribution in [-0.4, -0.2) is 37.1 Å². The number of hydrogen-bond donors (Lipinski definition) is 1. The molecule has 27 heavy (non-hydrogen) atoms. The fourth-order valence-electron chi connectivity index (χ4n) is 3.23. The Bertz CT molecular complexity index is 815. The van der Waals surface area contributed by atoms with Crippen LogP contribution in [0.1, 0.15) is 20.3 Å². The molecule has 0 atom stereocenters. The van der Waals surface area contributed by atoms with Crippen LogP contribution >= 0.6 is 11.6 Å². The third-order valence-electron chi connectivity index (χ3n) is 4.79. The molecule has 142 valence electrons. The summed E-state index contributed by atoms with van der Waals surface area (Å²) in [6.07, 6.45) is 4.35. The highest BCUT2D eigenvalue weighted by Crippen LogP contribution is 2.25. The summed E-state index contributed by atoms with van der Waals surface area (Å²) in [6, 6.07) is 11.6. The normalized spacial score (nSPS) is 13.9.